The summed E-state index contributed by atoms with van der Waals surface area (Å²) in [4.78, 5) is 10.1. The van der Waals surface area contributed by atoms with Gasteiger partial charge in [0.15, 0.2) is 0 Å². The van der Waals surface area contributed by atoms with E-state index in [4.69, 9.17) is 4.74 Å². The van der Waals surface area contributed by atoms with Gasteiger partial charge in [-0.3, -0.25) is 10.1 Å². The number of nitro groups is 1. The maximum atomic E-state index is 10.5. The van der Waals surface area contributed by atoms with Crippen LogP contribution in [0.15, 0.2) is 16.6 Å². The molecule has 0 amide bonds. The van der Waals surface area contributed by atoms with Crippen molar-refractivity contribution in [1.29, 1.82) is 0 Å². The lowest BCUT2D eigenvalue weighted by Gasteiger charge is -2.04. The molecule has 5 heteroatoms. The summed E-state index contributed by atoms with van der Waals surface area (Å²) >= 11 is 3.18. The zero-order valence-electron chi connectivity index (χ0n) is 7.20. The van der Waals surface area contributed by atoms with Crippen LogP contribution in [0.1, 0.15) is 5.56 Å². The third-order valence-electron chi connectivity index (χ3n) is 1.67. The molecule has 0 aliphatic carbocycles. The Morgan fingerprint density at radius 2 is 2.15 bits per heavy atom. The number of benzene rings is 1. The summed E-state index contributed by atoms with van der Waals surface area (Å²) in [6.45, 7) is 1.67. The van der Waals surface area contributed by atoms with E-state index in [1.165, 1.54) is 13.2 Å². The number of hydrogen-bond acceptors (Lipinski definition) is 3. The van der Waals surface area contributed by atoms with Crippen molar-refractivity contribution in [2.45, 2.75) is 6.92 Å². The number of hydrogen-bond donors (Lipinski definition) is 0. The van der Waals surface area contributed by atoms with Crippen molar-refractivity contribution < 1.29 is 9.66 Å². The van der Waals surface area contributed by atoms with E-state index in [0.717, 1.165) is 0 Å². The number of halogens is 1. The molecule has 0 N–H and O–H groups in total. The van der Waals surface area contributed by atoms with Crippen molar-refractivity contribution in [2.24, 2.45) is 0 Å². The van der Waals surface area contributed by atoms with Gasteiger partial charge in [0.1, 0.15) is 5.75 Å². The number of ether oxygens (including phenoxy) is 1. The predicted molar refractivity (Wildman–Crippen MR) is 52.1 cm³/mol. The third kappa shape index (κ3) is 1.98. The highest BCUT2D eigenvalue weighted by molar-refractivity contribution is 9.10. The number of methoxy groups -OCH3 is 1. The summed E-state index contributed by atoms with van der Waals surface area (Å²) in [5.74, 6) is 0.600. The van der Waals surface area contributed by atoms with E-state index in [1.54, 1.807) is 13.0 Å². The van der Waals surface area contributed by atoms with E-state index >= 15 is 0 Å². The van der Waals surface area contributed by atoms with Gasteiger partial charge in [-0.1, -0.05) is 0 Å². The summed E-state index contributed by atoms with van der Waals surface area (Å²) in [7, 11) is 1.52. The van der Waals surface area contributed by atoms with Crippen LogP contribution in [0, 0.1) is 17.0 Å². The van der Waals surface area contributed by atoms with Crippen molar-refractivity contribution >= 4 is 21.6 Å². The van der Waals surface area contributed by atoms with Crippen LogP contribution in [-0.2, 0) is 0 Å². The molecule has 1 rings (SSSR count). The minimum Gasteiger partial charge on any atom is -0.496 e. The fourth-order valence-corrected chi connectivity index (χ4v) is 1.49. The van der Waals surface area contributed by atoms with Crippen LogP contribution in [0.3, 0.4) is 0 Å². The highest BCUT2D eigenvalue weighted by atomic mass is 79.9. The lowest BCUT2D eigenvalue weighted by atomic mass is 10.2. The van der Waals surface area contributed by atoms with Gasteiger partial charge in [0.2, 0.25) is 0 Å². The largest absolute Gasteiger partial charge is 0.496 e. The van der Waals surface area contributed by atoms with Crippen molar-refractivity contribution in [3.63, 3.8) is 0 Å². The molecule has 0 saturated heterocycles. The molecule has 0 spiro atoms. The van der Waals surface area contributed by atoms with E-state index in [2.05, 4.69) is 15.9 Å². The van der Waals surface area contributed by atoms with E-state index in [9.17, 15) is 10.1 Å². The number of nitrogens with zero attached hydrogens (tertiary/aromatic N) is 1. The minimum atomic E-state index is -0.417. The average molecular weight is 246 g/mol. The molecule has 0 aliphatic rings. The van der Waals surface area contributed by atoms with Gasteiger partial charge < -0.3 is 4.74 Å². The molecule has 4 nitrogen and oxygen atoms in total. The molecule has 1 aromatic rings. The standard InChI is InChI=1S/C8H8BrNO3/c1-5-3-8(13-2)6(9)4-7(5)10(11)12/h3-4H,1-2H3. The first-order valence-corrected chi connectivity index (χ1v) is 4.34. The van der Waals surface area contributed by atoms with Crippen molar-refractivity contribution in [3.8, 4) is 5.75 Å². The van der Waals surface area contributed by atoms with Gasteiger partial charge in [-0.2, -0.15) is 0 Å². The highest BCUT2D eigenvalue weighted by Crippen LogP contribution is 2.31. The third-order valence-corrected chi connectivity index (χ3v) is 2.29. The lowest BCUT2D eigenvalue weighted by Crippen LogP contribution is -1.93. The number of nitro benzene ring substituents is 1. The highest BCUT2D eigenvalue weighted by Gasteiger charge is 2.13. The van der Waals surface area contributed by atoms with E-state index in [1.807, 2.05) is 0 Å². The molecule has 0 bridgehead atoms. The summed E-state index contributed by atoms with van der Waals surface area (Å²) < 4.78 is 5.58. The zero-order valence-corrected chi connectivity index (χ0v) is 8.79. The maximum absolute atomic E-state index is 10.5. The SMILES string of the molecule is COc1cc(C)c([N+](=O)[O-])cc1Br. The van der Waals surface area contributed by atoms with Crippen molar-refractivity contribution in [1.82, 2.24) is 0 Å². The fraction of sp³-hybridized carbons (Fsp3) is 0.250. The summed E-state index contributed by atoms with van der Waals surface area (Å²) in [5, 5.41) is 10.5. The Bertz CT molecular complexity index is 351. The molecule has 0 fully saturated rings. The Kier molecular flexibility index (Phi) is 2.87. The van der Waals surface area contributed by atoms with Crippen LogP contribution in [0.2, 0.25) is 0 Å². The Balaban J connectivity index is 3.28. The topological polar surface area (TPSA) is 52.4 Å². The van der Waals surface area contributed by atoms with Crippen LogP contribution < -0.4 is 4.74 Å². The molecular weight excluding hydrogens is 238 g/mol. The monoisotopic (exact) mass is 245 g/mol. The second-order valence-electron chi connectivity index (χ2n) is 2.53. The van der Waals surface area contributed by atoms with Crippen LogP contribution in [-0.4, -0.2) is 12.0 Å². The van der Waals surface area contributed by atoms with Gasteiger partial charge in [-0.05, 0) is 28.9 Å². The lowest BCUT2D eigenvalue weighted by molar-refractivity contribution is -0.385. The molecule has 0 aliphatic heterocycles. The Morgan fingerprint density at radius 1 is 1.54 bits per heavy atom. The van der Waals surface area contributed by atoms with E-state index in [-0.39, 0.29) is 5.69 Å². The first-order valence-electron chi connectivity index (χ1n) is 3.54. The molecule has 13 heavy (non-hydrogen) atoms. The summed E-state index contributed by atoms with van der Waals surface area (Å²) in [6, 6.07) is 3.07. The molecule has 1 aromatic carbocycles. The number of aryl methyl sites for hydroxylation is 1. The first kappa shape index (κ1) is 9.98. The van der Waals surface area contributed by atoms with Gasteiger partial charge in [-0.15, -0.1) is 0 Å². The predicted octanol–water partition coefficient (Wildman–Crippen LogP) is 2.67. The van der Waals surface area contributed by atoms with Gasteiger partial charge in [-0.25, -0.2) is 0 Å². The fourth-order valence-electron chi connectivity index (χ4n) is 0.998. The molecule has 0 saturated carbocycles. The molecular formula is C8H8BrNO3. The van der Waals surface area contributed by atoms with Crippen molar-refractivity contribution in [2.75, 3.05) is 7.11 Å². The molecule has 0 atom stereocenters. The molecule has 0 aromatic heterocycles. The Hall–Kier alpha value is -1.10. The molecule has 70 valence electrons. The second-order valence-corrected chi connectivity index (χ2v) is 3.38. The maximum Gasteiger partial charge on any atom is 0.273 e. The van der Waals surface area contributed by atoms with Crippen molar-refractivity contribution in [3.05, 3.63) is 32.3 Å². The molecule has 0 heterocycles. The Morgan fingerprint density at radius 3 is 2.62 bits per heavy atom. The van der Waals surface area contributed by atoms with E-state index in [0.29, 0.717) is 15.8 Å². The second kappa shape index (κ2) is 3.74. The van der Waals surface area contributed by atoms with Crippen LogP contribution in [0.5, 0.6) is 5.75 Å². The normalized spacial score (nSPS) is 9.77. The Labute approximate surface area is 83.8 Å². The van der Waals surface area contributed by atoms with Gasteiger partial charge in [0.25, 0.3) is 5.69 Å². The minimum absolute atomic E-state index is 0.0904. The smallest absolute Gasteiger partial charge is 0.273 e. The van der Waals surface area contributed by atoms with Gasteiger partial charge in [0, 0.05) is 11.6 Å². The summed E-state index contributed by atoms with van der Waals surface area (Å²) in [5.41, 5.74) is 0.678. The quantitative estimate of drug-likeness (QED) is 0.595. The molecule has 0 radical (unpaired) electrons. The number of rotatable bonds is 2. The van der Waals surface area contributed by atoms with E-state index < -0.39 is 4.92 Å². The van der Waals surface area contributed by atoms with Gasteiger partial charge >= 0.3 is 0 Å². The van der Waals surface area contributed by atoms with Crippen LogP contribution in [0.25, 0.3) is 0 Å². The first-order chi connectivity index (χ1) is 6.06. The molecule has 0 unspecified atom stereocenters. The summed E-state index contributed by atoms with van der Waals surface area (Å²) in [6.07, 6.45) is 0. The van der Waals surface area contributed by atoms with Gasteiger partial charge in [0.05, 0.1) is 16.5 Å². The average Bonchev–Trinajstić information content (AvgIpc) is 2.07. The van der Waals surface area contributed by atoms with Crippen LogP contribution in [0.4, 0.5) is 5.69 Å². The zero-order chi connectivity index (χ0) is 10.0. The van der Waals surface area contributed by atoms with Crippen LogP contribution >= 0.6 is 15.9 Å².